The van der Waals surface area contributed by atoms with Crippen molar-refractivity contribution in [2.75, 3.05) is 29.5 Å². The van der Waals surface area contributed by atoms with Gasteiger partial charge in [0.15, 0.2) is 0 Å². The second kappa shape index (κ2) is 11.2. The fourth-order valence-electron chi connectivity index (χ4n) is 3.98. The molecule has 200 valence electrons. The van der Waals surface area contributed by atoms with Gasteiger partial charge in [-0.25, -0.2) is 13.8 Å². The molecule has 0 spiro atoms. The van der Waals surface area contributed by atoms with Gasteiger partial charge in [-0.05, 0) is 48.0 Å². The maximum Gasteiger partial charge on any atom is 0.257 e. The number of ether oxygens (including phenoxy) is 1. The van der Waals surface area contributed by atoms with Gasteiger partial charge < -0.3 is 15.4 Å². The van der Waals surface area contributed by atoms with Crippen molar-refractivity contribution in [3.63, 3.8) is 0 Å². The molecule has 3 aromatic rings. The average molecular weight is 605 g/mol. The summed E-state index contributed by atoms with van der Waals surface area (Å²) in [6.07, 6.45) is 0. The van der Waals surface area contributed by atoms with Gasteiger partial charge in [-0.2, -0.15) is 0 Å². The predicted octanol–water partition coefficient (Wildman–Crippen LogP) is 6.85. The number of methoxy groups -OCH3 is 1. The Morgan fingerprint density at radius 3 is 2.45 bits per heavy atom. The van der Waals surface area contributed by atoms with E-state index in [0.29, 0.717) is 10.6 Å². The van der Waals surface area contributed by atoms with Crippen LogP contribution in [0, 0.1) is 17.6 Å². The Hall–Kier alpha value is -2.66. The topological polar surface area (TPSA) is 90.9 Å². The number of alkyl halides is 2. The lowest BCUT2D eigenvalue weighted by atomic mass is 10.1. The van der Waals surface area contributed by atoms with E-state index >= 15 is 0 Å². The second-order valence-corrected chi connectivity index (χ2v) is 10.7. The first kappa shape index (κ1) is 28.4. The average Bonchev–Trinajstić information content (AvgIpc) is 3.45. The van der Waals surface area contributed by atoms with E-state index in [-0.39, 0.29) is 39.4 Å². The van der Waals surface area contributed by atoms with Crippen molar-refractivity contribution in [1.82, 2.24) is 0 Å². The molecule has 1 aliphatic rings. The number of halogens is 6. The molecule has 7 nitrogen and oxygen atoms in total. The van der Waals surface area contributed by atoms with Crippen LogP contribution in [0.4, 0.5) is 25.8 Å². The number of hydrogen-bond donors (Lipinski definition) is 3. The molecule has 0 aliphatic heterocycles. The van der Waals surface area contributed by atoms with Gasteiger partial charge in [-0.3, -0.25) is 14.8 Å². The third-order valence-corrected chi connectivity index (χ3v) is 7.41. The molecule has 0 unspecified atom stereocenters. The van der Waals surface area contributed by atoms with Crippen molar-refractivity contribution >= 4 is 75.3 Å². The zero-order chi connectivity index (χ0) is 27.8. The van der Waals surface area contributed by atoms with Crippen molar-refractivity contribution in [2.45, 2.75) is 10.3 Å². The van der Waals surface area contributed by atoms with E-state index in [1.54, 1.807) is 0 Å². The highest BCUT2D eigenvalue weighted by atomic mass is 35.5. The first-order chi connectivity index (χ1) is 17.9. The van der Waals surface area contributed by atoms with Gasteiger partial charge in [-0.1, -0.05) is 29.3 Å². The van der Waals surface area contributed by atoms with Crippen LogP contribution >= 0.6 is 46.4 Å². The summed E-state index contributed by atoms with van der Waals surface area (Å²) in [5.41, 5.74) is 0.728. The molecule has 0 radical (unpaired) electrons. The summed E-state index contributed by atoms with van der Waals surface area (Å²) in [6.45, 7) is -0.288. The van der Waals surface area contributed by atoms with Gasteiger partial charge in [0.05, 0.1) is 32.9 Å². The molecule has 1 aliphatic carbocycles. The summed E-state index contributed by atoms with van der Waals surface area (Å²) in [5, 5.41) is 15.9. The second-order valence-electron chi connectivity index (χ2n) is 8.42. The van der Waals surface area contributed by atoms with Crippen molar-refractivity contribution in [3.05, 3.63) is 87.4 Å². The number of hydrogen-bond acceptors (Lipinski definition) is 5. The fraction of sp³-hybridized carbons (Fsp3) is 0.200. The van der Waals surface area contributed by atoms with Gasteiger partial charge in [0.25, 0.3) is 5.91 Å². The van der Waals surface area contributed by atoms with Crippen molar-refractivity contribution in [3.8, 4) is 0 Å². The van der Waals surface area contributed by atoms with E-state index in [9.17, 15) is 23.6 Å². The van der Waals surface area contributed by atoms with Gasteiger partial charge in [-0.15, -0.1) is 23.2 Å². The number of carbonyl (C=O) groups excluding carboxylic acids is 2. The quantitative estimate of drug-likeness (QED) is 0.149. The molecule has 2 atom stereocenters. The molecular formula is C25H19Cl4F2N3O4. The first-order valence-corrected chi connectivity index (χ1v) is 12.4. The Labute approximate surface area is 236 Å². The standard InChI is InChI=1S/C25H19Cl4F2N3O4/c1-38-11-34(37)20-9-13(30)3-7-19(20)33-23(35)15-10-14(4-5-16(15)26)32-24(36)22-21(25(22,28)29)12-2-6-18(31)17(27)8-12/h2-10,21-22,37H,11H2,1H3,(H,32,36)(H,33,35)/t21-,22+/m0/s1. The summed E-state index contributed by atoms with van der Waals surface area (Å²) in [7, 11) is 1.33. The number of nitrogens with one attached hydrogen (secondary N) is 2. The van der Waals surface area contributed by atoms with Crippen LogP contribution in [0.3, 0.4) is 0 Å². The molecule has 0 aromatic heterocycles. The van der Waals surface area contributed by atoms with Gasteiger partial charge >= 0.3 is 0 Å². The van der Waals surface area contributed by atoms with Gasteiger partial charge in [0.2, 0.25) is 5.91 Å². The zero-order valence-corrected chi connectivity index (χ0v) is 22.5. The number of benzene rings is 3. The normalized spacial score (nSPS) is 17.6. The number of nitrogens with zero attached hydrogens (tertiary/aromatic N) is 1. The number of hydroxylamine groups is 1. The summed E-state index contributed by atoms with van der Waals surface area (Å²) < 4.78 is 30.7. The number of amides is 2. The van der Waals surface area contributed by atoms with Crippen LogP contribution in [0.1, 0.15) is 21.8 Å². The predicted molar refractivity (Wildman–Crippen MR) is 143 cm³/mol. The highest BCUT2D eigenvalue weighted by Crippen LogP contribution is 2.65. The third kappa shape index (κ3) is 5.83. The van der Waals surface area contributed by atoms with Crippen LogP contribution in [0.15, 0.2) is 54.6 Å². The summed E-state index contributed by atoms with van der Waals surface area (Å²) >= 11 is 24.8. The van der Waals surface area contributed by atoms with Crippen molar-refractivity contribution in [1.29, 1.82) is 0 Å². The lowest BCUT2D eigenvalue weighted by molar-refractivity contribution is -0.117. The Bertz CT molecular complexity index is 1410. The highest BCUT2D eigenvalue weighted by molar-refractivity contribution is 6.53. The van der Waals surface area contributed by atoms with Crippen molar-refractivity contribution in [2.24, 2.45) is 5.92 Å². The Balaban J connectivity index is 1.52. The van der Waals surface area contributed by atoms with Crippen molar-refractivity contribution < 1.29 is 28.3 Å². The maximum absolute atomic E-state index is 13.8. The van der Waals surface area contributed by atoms with Crippen LogP contribution in [-0.2, 0) is 9.53 Å². The number of rotatable bonds is 8. The molecule has 3 N–H and O–H groups in total. The monoisotopic (exact) mass is 603 g/mol. The van der Waals surface area contributed by atoms with Crippen LogP contribution in [0.2, 0.25) is 10.0 Å². The summed E-state index contributed by atoms with van der Waals surface area (Å²) in [5.74, 6) is -4.00. The Morgan fingerprint density at radius 1 is 1.03 bits per heavy atom. The minimum Gasteiger partial charge on any atom is -0.362 e. The molecule has 0 heterocycles. The minimum atomic E-state index is -1.45. The number of carbonyl (C=O) groups is 2. The third-order valence-electron chi connectivity index (χ3n) is 5.85. The highest BCUT2D eigenvalue weighted by Gasteiger charge is 2.67. The van der Waals surface area contributed by atoms with E-state index in [1.165, 1.54) is 43.5 Å². The SMILES string of the molecule is COCN(O)c1cc(F)ccc1NC(=O)c1cc(NC(=O)[C@H]2[C@H](c3ccc(F)c(Cl)c3)C2(Cl)Cl)ccc1Cl. The smallest absolute Gasteiger partial charge is 0.257 e. The molecule has 3 aromatic carbocycles. The van der Waals surface area contributed by atoms with E-state index in [4.69, 9.17) is 51.1 Å². The summed E-state index contributed by atoms with van der Waals surface area (Å²) in [4.78, 5) is 26.0. The lowest BCUT2D eigenvalue weighted by Gasteiger charge is -2.20. The number of anilines is 3. The fourth-order valence-corrected chi connectivity index (χ4v) is 5.20. The summed E-state index contributed by atoms with van der Waals surface area (Å²) in [6, 6.07) is 11.6. The molecule has 1 fully saturated rings. The molecule has 4 rings (SSSR count). The molecule has 38 heavy (non-hydrogen) atoms. The Kier molecular flexibility index (Phi) is 8.37. The van der Waals surface area contributed by atoms with Crippen LogP contribution in [0.5, 0.6) is 0 Å². The Morgan fingerprint density at radius 2 is 1.76 bits per heavy atom. The van der Waals surface area contributed by atoms with Crippen LogP contribution in [0.25, 0.3) is 0 Å². The first-order valence-electron chi connectivity index (χ1n) is 10.9. The maximum atomic E-state index is 13.8. The molecule has 0 bridgehead atoms. The van der Waals surface area contributed by atoms with E-state index < -0.39 is 39.6 Å². The lowest BCUT2D eigenvalue weighted by Crippen LogP contribution is -2.23. The van der Waals surface area contributed by atoms with Crippen LogP contribution < -0.4 is 15.7 Å². The van der Waals surface area contributed by atoms with Gasteiger partial charge in [0.1, 0.15) is 22.7 Å². The molecule has 13 heteroatoms. The molecule has 1 saturated carbocycles. The zero-order valence-electron chi connectivity index (χ0n) is 19.4. The molecular weight excluding hydrogens is 586 g/mol. The molecule has 0 saturated heterocycles. The van der Waals surface area contributed by atoms with Crippen LogP contribution in [-0.4, -0.2) is 35.2 Å². The van der Waals surface area contributed by atoms with Gasteiger partial charge in [0, 0.05) is 24.8 Å². The van der Waals surface area contributed by atoms with E-state index in [2.05, 4.69) is 10.6 Å². The van der Waals surface area contributed by atoms with E-state index in [1.807, 2.05) is 0 Å². The largest absolute Gasteiger partial charge is 0.362 e. The van der Waals surface area contributed by atoms with E-state index in [0.717, 1.165) is 18.2 Å². The minimum absolute atomic E-state index is 0.0170. The molecule has 2 amide bonds.